The van der Waals surface area contributed by atoms with Crippen LogP contribution in [-0.2, 0) is 4.74 Å². The van der Waals surface area contributed by atoms with Gasteiger partial charge >= 0.3 is 5.97 Å². The number of Topliss-reactive ketones (excluding diaryl/α,β-unsaturated/α-hetero) is 1. The molecule has 0 radical (unpaired) electrons. The van der Waals surface area contributed by atoms with E-state index >= 15 is 0 Å². The van der Waals surface area contributed by atoms with Crippen molar-refractivity contribution in [1.82, 2.24) is 14.8 Å². The molecule has 0 aliphatic heterocycles. The highest BCUT2D eigenvalue weighted by Crippen LogP contribution is 2.24. The first-order chi connectivity index (χ1) is 15.4. The van der Waals surface area contributed by atoms with Crippen LogP contribution in [0.15, 0.2) is 72.8 Å². The zero-order valence-corrected chi connectivity index (χ0v) is 17.8. The summed E-state index contributed by atoms with van der Waals surface area (Å²) >= 11 is 11.9. The second kappa shape index (κ2) is 9.30. The highest BCUT2D eigenvalue weighted by atomic mass is 35.5. The van der Waals surface area contributed by atoms with Crippen molar-refractivity contribution in [2.24, 2.45) is 0 Å². The van der Waals surface area contributed by atoms with Gasteiger partial charge in [-0.25, -0.2) is 18.9 Å². The van der Waals surface area contributed by atoms with Gasteiger partial charge in [-0.05, 0) is 60.7 Å². The Bertz CT molecular complexity index is 1290. The first-order valence-corrected chi connectivity index (χ1v) is 10.1. The van der Waals surface area contributed by atoms with E-state index < -0.39 is 24.2 Å². The summed E-state index contributed by atoms with van der Waals surface area (Å²) in [6.07, 6.45) is 0. The average Bonchev–Trinajstić information content (AvgIpc) is 3.24. The SMILES string of the molecule is O=C(COC(=O)c1nc(-c2cccc(Cl)c2)n(-c2ccc(F)cc2)n1)c1ccc(Cl)cc1. The maximum absolute atomic E-state index is 13.4. The van der Waals surface area contributed by atoms with Crippen molar-refractivity contribution < 1.29 is 18.7 Å². The fourth-order valence-electron chi connectivity index (χ4n) is 2.89. The second-order valence-electron chi connectivity index (χ2n) is 6.66. The number of hydrogen-bond acceptors (Lipinski definition) is 5. The topological polar surface area (TPSA) is 74.1 Å². The minimum absolute atomic E-state index is 0.256. The van der Waals surface area contributed by atoms with Gasteiger partial charge in [0, 0.05) is 21.2 Å². The maximum atomic E-state index is 13.4. The number of carbonyl (C=O) groups is 2. The number of rotatable bonds is 6. The fraction of sp³-hybridized carbons (Fsp3) is 0.0435. The molecular formula is C23H14Cl2FN3O3. The molecule has 4 rings (SSSR count). The summed E-state index contributed by atoms with van der Waals surface area (Å²) < 4.78 is 19.9. The molecule has 0 bridgehead atoms. The van der Waals surface area contributed by atoms with Crippen LogP contribution in [0.25, 0.3) is 17.1 Å². The number of aromatic nitrogens is 3. The molecule has 0 aliphatic rings. The number of benzene rings is 3. The Labute approximate surface area is 192 Å². The van der Waals surface area contributed by atoms with Crippen LogP contribution < -0.4 is 0 Å². The van der Waals surface area contributed by atoms with E-state index in [0.29, 0.717) is 32.7 Å². The van der Waals surface area contributed by atoms with Crippen molar-refractivity contribution in [3.05, 3.63) is 100 Å². The number of nitrogens with zero attached hydrogens (tertiary/aromatic N) is 3. The Morgan fingerprint density at radius 3 is 2.34 bits per heavy atom. The zero-order chi connectivity index (χ0) is 22.7. The van der Waals surface area contributed by atoms with Crippen molar-refractivity contribution in [1.29, 1.82) is 0 Å². The van der Waals surface area contributed by atoms with Crippen molar-refractivity contribution in [2.75, 3.05) is 6.61 Å². The van der Waals surface area contributed by atoms with Gasteiger partial charge in [0.1, 0.15) is 5.82 Å². The third kappa shape index (κ3) is 4.85. The predicted octanol–water partition coefficient (Wildman–Crippen LogP) is 5.42. The standard InChI is InChI=1S/C23H14Cl2FN3O3/c24-16-6-4-14(5-7-16)20(30)13-32-23(31)21-27-22(15-2-1-3-17(25)12-15)29(28-21)19-10-8-18(26)9-11-19/h1-12H,13H2. The molecule has 0 N–H and O–H groups in total. The lowest BCUT2D eigenvalue weighted by Gasteiger charge is -2.06. The minimum atomic E-state index is -0.878. The van der Waals surface area contributed by atoms with E-state index in [-0.39, 0.29) is 5.82 Å². The molecule has 0 spiro atoms. The highest BCUT2D eigenvalue weighted by molar-refractivity contribution is 6.31. The molecule has 32 heavy (non-hydrogen) atoms. The largest absolute Gasteiger partial charge is 0.451 e. The first-order valence-electron chi connectivity index (χ1n) is 9.35. The summed E-state index contributed by atoms with van der Waals surface area (Å²) in [6, 6.07) is 18.6. The summed E-state index contributed by atoms with van der Waals surface area (Å²) in [4.78, 5) is 29.1. The molecular weight excluding hydrogens is 456 g/mol. The van der Waals surface area contributed by atoms with Gasteiger partial charge in [-0.3, -0.25) is 4.79 Å². The van der Waals surface area contributed by atoms with Gasteiger partial charge in [-0.1, -0.05) is 35.3 Å². The van der Waals surface area contributed by atoms with Gasteiger partial charge in [-0.2, -0.15) is 0 Å². The van der Waals surface area contributed by atoms with Crippen LogP contribution in [0, 0.1) is 5.82 Å². The molecule has 1 heterocycles. The number of hydrogen-bond donors (Lipinski definition) is 0. The van der Waals surface area contributed by atoms with Crippen LogP contribution in [0.5, 0.6) is 0 Å². The highest BCUT2D eigenvalue weighted by Gasteiger charge is 2.21. The van der Waals surface area contributed by atoms with Gasteiger partial charge in [0.05, 0.1) is 5.69 Å². The average molecular weight is 470 g/mol. The lowest BCUT2D eigenvalue weighted by atomic mass is 10.1. The summed E-state index contributed by atoms with van der Waals surface area (Å²) in [5.74, 6) is -1.65. The van der Waals surface area contributed by atoms with E-state index in [9.17, 15) is 14.0 Å². The van der Waals surface area contributed by atoms with E-state index in [1.807, 2.05) is 0 Å². The van der Waals surface area contributed by atoms with Crippen LogP contribution in [-0.4, -0.2) is 33.1 Å². The van der Waals surface area contributed by atoms with E-state index in [4.69, 9.17) is 27.9 Å². The molecule has 0 aliphatic carbocycles. The van der Waals surface area contributed by atoms with Gasteiger partial charge in [0.25, 0.3) is 5.82 Å². The third-order valence-electron chi connectivity index (χ3n) is 4.44. The Balaban J connectivity index is 1.61. The smallest absolute Gasteiger partial charge is 0.378 e. The van der Waals surface area contributed by atoms with Gasteiger partial charge < -0.3 is 4.74 Å². The van der Waals surface area contributed by atoms with E-state index in [1.54, 1.807) is 36.4 Å². The normalized spacial score (nSPS) is 10.7. The number of halogens is 3. The molecule has 1 aromatic heterocycles. The summed E-state index contributed by atoms with van der Waals surface area (Å²) in [5, 5.41) is 5.17. The molecule has 0 saturated carbocycles. The van der Waals surface area contributed by atoms with Gasteiger partial charge in [-0.15, -0.1) is 5.10 Å². The molecule has 0 saturated heterocycles. The molecule has 0 unspecified atom stereocenters. The quantitative estimate of drug-likeness (QED) is 0.278. The second-order valence-corrected chi connectivity index (χ2v) is 7.54. The fourth-order valence-corrected chi connectivity index (χ4v) is 3.21. The maximum Gasteiger partial charge on any atom is 0.378 e. The van der Waals surface area contributed by atoms with Crippen molar-refractivity contribution in [3.63, 3.8) is 0 Å². The number of ketones is 1. The predicted molar refractivity (Wildman–Crippen MR) is 118 cm³/mol. The van der Waals surface area contributed by atoms with E-state index in [1.165, 1.54) is 41.1 Å². The molecule has 3 aromatic carbocycles. The summed E-state index contributed by atoms with van der Waals surface area (Å²) in [6.45, 7) is -0.488. The van der Waals surface area contributed by atoms with Crippen LogP contribution in [0.4, 0.5) is 4.39 Å². The molecule has 160 valence electrons. The van der Waals surface area contributed by atoms with Crippen molar-refractivity contribution in [3.8, 4) is 17.1 Å². The molecule has 9 heteroatoms. The molecule has 4 aromatic rings. The lowest BCUT2D eigenvalue weighted by Crippen LogP contribution is -2.15. The first kappa shape index (κ1) is 21.7. The van der Waals surface area contributed by atoms with Crippen molar-refractivity contribution >= 4 is 35.0 Å². The van der Waals surface area contributed by atoms with E-state index in [2.05, 4.69) is 10.1 Å². The molecule has 0 amide bonds. The van der Waals surface area contributed by atoms with Crippen molar-refractivity contribution in [2.45, 2.75) is 0 Å². The number of carbonyl (C=O) groups excluding carboxylic acids is 2. The van der Waals surface area contributed by atoms with Gasteiger partial charge in [0.2, 0.25) is 0 Å². The molecule has 0 atom stereocenters. The molecule has 0 fully saturated rings. The van der Waals surface area contributed by atoms with Gasteiger partial charge in [0.15, 0.2) is 18.2 Å². The monoisotopic (exact) mass is 469 g/mol. The zero-order valence-electron chi connectivity index (χ0n) is 16.3. The lowest BCUT2D eigenvalue weighted by molar-refractivity contribution is 0.0462. The number of ether oxygens (including phenoxy) is 1. The summed E-state index contributed by atoms with van der Waals surface area (Å²) in [5.41, 5.74) is 1.42. The number of esters is 1. The minimum Gasteiger partial charge on any atom is -0.451 e. The van der Waals surface area contributed by atoms with E-state index in [0.717, 1.165) is 0 Å². The Morgan fingerprint density at radius 2 is 1.66 bits per heavy atom. The Morgan fingerprint density at radius 1 is 0.938 bits per heavy atom. The van der Waals surface area contributed by atoms with Crippen LogP contribution >= 0.6 is 23.2 Å². The third-order valence-corrected chi connectivity index (χ3v) is 4.93. The summed E-state index contributed by atoms with van der Waals surface area (Å²) in [7, 11) is 0. The van der Waals surface area contributed by atoms with Crippen LogP contribution in [0.2, 0.25) is 10.0 Å². The Kier molecular flexibility index (Phi) is 6.30. The van der Waals surface area contributed by atoms with Crippen LogP contribution in [0.1, 0.15) is 21.0 Å². The molecule has 6 nitrogen and oxygen atoms in total. The Hall–Kier alpha value is -3.55. The van der Waals surface area contributed by atoms with Crippen LogP contribution in [0.3, 0.4) is 0 Å².